The molecule has 7 heteroatoms. The fraction of sp³-hybridized carbons (Fsp3) is 0.533. The number of amides is 3. The van der Waals surface area contributed by atoms with Crippen molar-refractivity contribution in [3.05, 3.63) is 21.9 Å². The Morgan fingerprint density at radius 3 is 2.73 bits per heavy atom. The summed E-state index contributed by atoms with van der Waals surface area (Å²) in [6.45, 7) is 1.95. The smallest absolute Gasteiger partial charge is 0.289 e. The van der Waals surface area contributed by atoms with Crippen LogP contribution >= 0.6 is 23.1 Å². The molecule has 2 atom stereocenters. The van der Waals surface area contributed by atoms with Gasteiger partial charge in [0.1, 0.15) is 0 Å². The fourth-order valence-corrected chi connectivity index (χ4v) is 4.63. The molecule has 1 aliphatic carbocycles. The molecule has 22 heavy (non-hydrogen) atoms. The highest BCUT2D eigenvalue weighted by Gasteiger charge is 2.41. The second-order valence-electron chi connectivity index (χ2n) is 5.74. The van der Waals surface area contributed by atoms with Crippen molar-refractivity contribution in [2.24, 2.45) is 0 Å². The predicted molar refractivity (Wildman–Crippen MR) is 87.3 cm³/mol. The number of rotatable bonds is 3. The van der Waals surface area contributed by atoms with Crippen molar-refractivity contribution in [3.8, 4) is 0 Å². The Hall–Kier alpha value is -1.34. The van der Waals surface area contributed by atoms with Crippen molar-refractivity contribution >= 4 is 40.2 Å². The SMILES string of the molecule is Cc1csc(C(=O)N[C@H]2CCCC[C@H]2N2C(=O)CSC2=O)c1. The standard InChI is InChI=1S/C15H18N2O3S2/c1-9-6-12(21-7-9)14(19)16-10-4-2-3-5-11(10)17-13(18)8-22-15(17)20/h6-7,10-11H,2-5,8H2,1H3,(H,16,19)/t10-,11+/m0/s1. The molecule has 0 radical (unpaired) electrons. The van der Waals surface area contributed by atoms with E-state index in [0.717, 1.165) is 43.0 Å². The lowest BCUT2D eigenvalue weighted by atomic mass is 9.89. The minimum Gasteiger partial charge on any atom is -0.347 e. The summed E-state index contributed by atoms with van der Waals surface area (Å²) >= 11 is 2.47. The summed E-state index contributed by atoms with van der Waals surface area (Å²) < 4.78 is 0. The van der Waals surface area contributed by atoms with Gasteiger partial charge >= 0.3 is 0 Å². The van der Waals surface area contributed by atoms with Crippen LogP contribution in [0.3, 0.4) is 0 Å². The van der Waals surface area contributed by atoms with Crippen LogP contribution in [0.5, 0.6) is 0 Å². The highest BCUT2D eigenvalue weighted by atomic mass is 32.2. The summed E-state index contributed by atoms with van der Waals surface area (Å²) in [5.74, 6) is -0.0185. The van der Waals surface area contributed by atoms with E-state index in [1.807, 2.05) is 18.4 Å². The van der Waals surface area contributed by atoms with Crippen molar-refractivity contribution in [3.63, 3.8) is 0 Å². The van der Waals surface area contributed by atoms with Gasteiger partial charge in [-0.05, 0) is 36.8 Å². The molecule has 1 N–H and O–H groups in total. The molecule has 5 nitrogen and oxygen atoms in total. The van der Waals surface area contributed by atoms with Crippen LogP contribution in [-0.4, -0.2) is 39.8 Å². The Bertz CT molecular complexity index is 598. The third-order valence-electron chi connectivity index (χ3n) is 4.12. The number of thiophene rings is 1. The second kappa shape index (κ2) is 6.42. The van der Waals surface area contributed by atoms with Gasteiger partial charge in [0.2, 0.25) is 5.91 Å². The van der Waals surface area contributed by atoms with E-state index in [4.69, 9.17) is 0 Å². The highest BCUT2D eigenvalue weighted by Crippen LogP contribution is 2.30. The minimum atomic E-state index is -0.200. The molecule has 1 aliphatic heterocycles. The first kappa shape index (κ1) is 15.6. The first-order chi connectivity index (χ1) is 10.6. The van der Waals surface area contributed by atoms with Crippen LogP contribution < -0.4 is 5.32 Å². The minimum absolute atomic E-state index is 0.109. The summed E-state index contributed by atoms with van der Waals surface area (Å²) in [6, 6.07) is 1.52. The molecule has 2 aliphatic rings. The zero-order chi connectivity index (χ0) is 15.7. The quantitative estimate of drug-likeness (QED) is 0.920. The zero-order valence-corrected chi connectivity index (χ0v) is 14.0. The lowest BCUT2D eigenvalue weighted by Gasteiger charge is -2.36. The van der Waals surface area contributed by atoms with Crippen LogP contribution in [0, 0.1) is 6.92 Å². The van der Waals surface area contributed by atoms with E-state index in [-0.39, 0.29) is 34.9 Å². The fourth-order valence-electron chi connectivity index (χ4n) is 3.06. The van der Waals surface area contributed by atoms with E-state index in [1.165, 1.54) is 16.2 Å². The van der Waals surface area contributed by atoms with E-state index >= 15 is 0 Å². The van der Waals surface area contributed by atoms with Crippen LogP contribution in [0.25, 0.3) is 0 Å². The van der Waals surface area contributed by atoms with Crippen LogP contribution in [0.4, 0.5) is 4.79 Å². The first-order valence-electron chi connectivity index (χ1n) is 7.41. The zero-order valence-electron chi connectivity index (χ0n) is 12.3. The molecule has 2 fully saturated rings. The van der Waals surface area contributed by atoms with Crippen molar-refractivity contribution in [1.29, 1.82) is 0 Å². The third kappa shape index (κ3) is 3.05. The molecule has 2 heterocycles. The largest absolute Gasteiger partial charge is 0.347 e. The molecular weight excluding hydrogens is 320 g/mol. The van der Waals surface area contributed by atoms with Gasteiger partial charge in [0.25, 0.3) is 11.1 Å². The lowest BCUT2D eigenvalue weighted by molar-refractivity contribution is -0.127. The van der Waals surface area contributed by atoms with Gasteiger partial charge in [0.05, 0.1) is 22.7 Å². The monoisotopic (exact) mass is 338 g/mol. The van der Waals surface area contributed by atoms with E-state index in [2.05, 4.69) is 5.32 Å². The number of nitrogens with zero attached hydrogens (tertiary/aromatic N) is 1. The molecule has 1 aromatic heterocycles. The predicted octanol–water partition coefficient (Wildman–Crippen LogP) is 2.79. The number of hydrogen-bond acceptors (Lipinski definition) is 5. The number of imide groups is 1. The molecule has 3 amide bonds. The van der Waals surface area contributed by atoms with Crippen molar-refractivity contribution in [2.75, 3.05) is 5.75 Å². The summed E-state index contributed by atoms with van der Waals surface area (Å²) in [4.78, 5) is 38.3. The van der Waals surface area contributed by atoms with Gasteiger partial charge < -0.3 is 5.32 Å². The second-order valence-corrected chi connectivity index (χ2v) is 7.58. The summed E-state index contributed by atoms with van der Waals surface area (Å²) in [5.41, 5.74) is 1.07. The number of carbonyl (C=O) groups is 3. The molecule has 3 rings (SSSR count). The number of hydrogen-bond donors (Lipinski definition) is 1. The molecule has 0 aromatic carbocycles. The third-order valence-corrected chi connectivity index (χ3v) is 6.00. The van der Waals surface area contributed by atoms with Gasteiger partial charge in [-0.15, -0.1) is 11.3 Å². The molecule has 1 saturated carbocycles. The van der Waals surface area contributed by atoms with Crippen molar-refractivity contribution in [1.82, 2.24) is 10.2 Å². The number of thioether (sulfide) groups is 1. The lowest BCUT2D eigenvalue weighted by Crippen LogP contribution is -2.54. The summed E-state index contributed by atoms with van der Waals surface area (Å²) in [5, 5.41) is 4.80. The van der Waals surface area contributed by atoms with E-state index in [0.29, 0.717) is 4.88 Å². The van der Waals surface area contributed by atoms with Crippen molar-refractivity contribution < 1.29 is 14.4 Å². The Morgan fingerprint density at radius 2 is 2.09 bits per heavy atom. The molecule has 0 spiro atoms. The van der Waals surface area contributed by atoms with E-state index < -0.39 is 0 Å². The van der Waals surface area contributed by atoms with E-state index in [9.17, 15) is 14.4 Å². The summed E-state index contributed by atoms with van der Waals surface area (Å²) in [7, 11) is 0. The Balaban J connectivity index is 1.74. The van der Waals surface area contributed by atoms with Gasteiger partial charge in [-0.25, -0.2) is 0 Å². The number of aryl methyl sites for hydroxylation is 1. The van der Waals surface area contributed by atoms with Gasteiger partial charge in [0.15, 0.2) is 0 Å². The molecule has 0 bridgehead atoms. The molecule has 118 valence electrons. The van der Waals surface area contributed by atoms with Crippen LogP contribution in [0.1, 0.15) is 40.9 Å². The maximum absolute atomic E-state index is 12.4. The average Bonchev–Trinajstić information content (AvgIpc) is 3.06. The normalized spacial score (nSPS) is 25.6. The van der Waals surface area contributed by atoms with Crippen molar-refractivity contribution in [2.45, 2.75) is 44.7 Å². The van der Waals surface area contributed by atoms with Crippen LogP contribution in [0.2, 0.25) is 0 Å². The first-order valence-corrected chi connectivity index (χ1v) is 9.27. The van der Waals surface area contributed by atoms with Crippen LogP contribution in [0.15, 0.2) is 11.4 Å². The Labute approximate surface area is 137 Å². The Morgan fingerprint density at radius 1 is 1.32 bits per heavy atom. The number of nitrogens with one attached hydrogen (secondary N) is 1. The maximum Gasteiger partial charge on any atom is 0.289 e. The topological polar surface area (TPSA) is 66.5 Å². The highest BCUT2D eigenvalue weighted by molar-refractivity contribution is 8.14. The molecule has 1 aromatic rings. The molecule has 0 unspecified atom stereocenters. The Kier molecular flexibility index (Phi) is 4.54. The summed E-state index contributed by atoms with van der Waals surface area (Å²) in [6.07, 6.45) is 3.57. The van der Waals surface area contributed by atoms with Gasteiger partial charge in [-0.3, -0.25) is 19.3 Å². The van der Waals surface area contributed by atoms with Gasteiger partial charge in [0, 0.05) is 0 Å². The van der Waals surface area contributed by atoms with Gasteiger partial charge in [-0.1, -0.05) is 24.6 Å². The maximum atomic E-state index is 12.4. The average molecular weight is 338 g/mol. The van der Waals surface area contributed by atoms with Crippen LogP contribution in [-0.2, 0) is 4.79 Å². The molecular formula is C15H18N2O3S2. The van der Waals surface area contributed by atoms with E-state index in [1.54, 1.807) is 0 Å². The number of carbonyl (C=O) groups excluding carboxylic acids is 3. The van der Waals surface area contributed by atoms with Gasteiger partial charge in [-0.2, -0.15) is 0 Å². The molecule has 1 saturated heterocycles.